The van der Waals surface area contributed by atoms with Crippen LogP contribution in [0.1, 0.15) is 54.2 Å². The number of ether oxygens (including phenoxy) is 4. The Bertz CT molecular complexity index is 2050. The summed E-state index contributed by atoms with van der Waals surface area (Å²) in [6.07, 6.45) is 0.824. The van der Waals surface area contributed by atoms with Crippen molar-refractivity contribution in [1.82, 2.24) is 20.1 Å². The number of methoxy groups -OCH3 is 1. The fraction of sp³-hybridized carbons (Fsp3) is 0.394. The predicted molar refractivity (Wildman–Crippen MR) is 166 cm³/mol. The van der Waals surface area contributed by atoms with Crippen molar-refractivity contribution in [3.05, 3.63) is 59.4 Å². The van der Waals surface area contributed by atoms with Gasteiger partial charge in [0.05, 0.1) is 19.3 Å². The molecule has 0 spiro atoms. The number of carbonyl (C=O) groups excluding carboxylic acids is 2. The van der Waals surface area contributed by atoms with Crippen LogP contribution in [0.4, 0.5) is 8.78 Å². The summed E-state index contributed by atoms with van der Waals surface area (Å²) in [5, 5.41) is 20.4. The van der Waals surface area contributed by atoms with Crippen LogP contribution in [0, 0.1) is 5.92 Å². The molecule has 2 fully saturated rings. The topological polar surface area (TPSA) is 160 Å². The zero-order valence-corrected chi connectivity index (χ0v) is 26.6. The molecule has 4 heterocycles. The van der Waals surface area contributed by atoms with E-state index in [-0.39, 0.29) is 53.3 Å². The summed E-state index contributed by atoms with van der Waals surface area (Å²) in [6.45, 7) is 1.30. The Morgan fingerprint density at radius 1 is 1.19 bits per heavy atom. The number of nitrogens with zero attached hydrogens (tertiary/aromatic N) is 3. The summed E-state index contributed by atoms with van der Waals surface area (Å²) in [5.41, 5.74) is 4.74. The first-order valence-electron chi connectivity index (χ1n) is 15.4. The third kappa shape index (κ3) is 4.80. The summed E-state index contributed by atoms with van der Waals surface area (Å²) in [5.74, 6) is -1.17. The van der Waals surface area contributed by atoms with Gasteiger partial charge in [-0.2, -0.15) is 5.10 Å². The third-order valence-corrected chi connectivity index (χ3v) is 10.2. The molecule has 2 aromatic heterocycles. The van der Waals surface area contributed by atoms with Crippen LogP contribution in [0.25, 0.3) is 22.2 Å². The van der Waals surface area contributed by atoms with E-state index in [9.17, 15) is 23.5 Å². The minimum Gasteiger partial charge on any atom is -0.494 e. The fourth-order valence-electron chi connectivity index (χ4n) is 6.35. The molecule has 2 saturated carbocycles. The van der Waals surface area contributed by atoms with E-state index in [4.69, 9.17) is 31.8 Å². The number of benzene rings is 2. The molecule has 2 atom stereocenters. The molecule has 48 heavy (non-hydrogen) atoms. The number of halogens is 3. The molecule has 2 amide bonds. The van der Waals surface area contributed by atoms with Crippen LogP contribution in [-0.2, 0) is 20.8 Å². The van der Waals surface area contributed by atoms with Crippen molar-refractivity contribution < 1.29 is 42.4 Å². The van der Waals surface area contributed by atoms with Crippen molar-refractivity contribution in [2.75, 3.05) is 20.3 Å². The zero-order valence-electron chi connectivity index (χ0n) is 25.8. The third-order valence-electron chi connectivity index (χ3n) is 9.63. The first kappa shape index (κ1) is 30.6. The molecule has 8 rings (SSSR count). The summed E-state index contributed by atoms with van der Waals surface area (Å²) in [7, 11) is 1.49. The van der Waals surface area contributed by atoms with Gasteiger partial charge < -0.3 is 35.1 Å². The maximum absolute atomic E-state index is 13.8. The van der Waals surface area contributed by atoms with Crippen LogP contribution < -0.4 is 30.0 Å². The minimum absolute atomic E-state index is 0.0945. The second-order valence-corrected chi connectivity index (χ2v) is 13.7. The molecule has 12 nitrogen and oxygen atoms in total. The van der Waals surface area contributed by atoms with E-state index in [1.54, 1.807) is 36.0 Å². The smallest absolute Gasteiger partial charge is 0.494 e. The van der Waals surface area contributed by atoms with E-state index in [1.807, 2.05) is 0 Å². The molecular weight excluding hydrogens is 652 g/mol. The van der Waals surface area contributed by atoms with Gasteiger partial charge >= 0.3 is 6.29 Å². The molecule has 15 heteroatoms. The molecule has 2 aromatic carbocycles. The van der Waals surface area contributed by atoms with Gasteiger partial charge in [-0.05, 0) is 74.9 Å². The molecule has 2 aliphatic heterocycles. The molecule has 250 valence electrons. The summed E-state index contributed by atoms with van der Waals surface area (Å²) in [4.78, 5) is 30.5. The standard InChI is InChI=1S/C33H30ClF2N5O7/c1-30(29(37)43)15-46-27-20(30)12-24(39-26(27)16-3-6-21-22(10-16)48-33(35,36)47-21)32(44,19-4-5-19)14-38-28(42)17-9-18-13-41(31(34)7-8-31)40-25(18)23(11-17)45-2/h3,6,9-13,19,44H,4-5,7-8,14-15H2,1-2H3,(H2,37,43)(H,38,42)/t30-,32+/m0/s1. The average molecular weight is 682 g/mol. The van der Waals surface area contributed by atoms with Crippen LogP contribution in [0.15, 0.2) is 42.6 Å². The van der Waals surface area contributed by atoms with Crippen LogP contribution in [0.2, 0.25) is 0 Å². The van der Waals surface area contributed by atoms with Crippen LogP contribution >= 0.6 is 11.6 Å². The maximum Gasteiger partial charge on any atom is 0.586 e. The highest BCUT2D eigenvalue weighted by Crippen LogP contribution is 2.52. The Balaban J connectivity index is 1.16. The Labute approximate surface area is 277 Å². The van der Waals surface area contributed by atoms with Crippen LogP contribution in [-0.4, -0.2) is 58.2 Å². The number of amides is 2. The van der Waals surface area contributed by atoms with Gasteiger partial charge in [0.1, 0.15) is 45.3 Å². The second-order valence-electron chi connectivity index (χ2n) is 13.0. The van der Waals surface area contributed by atoms with E-state index in [1.165, 1.54) is 25.3 Å². The van der Waals surface area contributed by atoms with E-state index >= 15 is 0 Å². The zero-order chi connectivity index (χ0) is 33.8. The highest BCUT2D eigenvalue weighted by Gasteiger charge is 2.50. The van der Waals surface area contributed by atoms with Gasteiger partial charge in [-0.15, -0.1) is 8.78 Å². The Kier molecular flexibility index (Phi) is 6.48. The number of fused-ring (bicyclic) bond motifs is 3. The predicted octanol–water partition coefficient (Wildman–Crippen LogP) is 4.28. The van der Waals surface area contributed by atoms with Gasteiger partial charge in [0.25, 0.3) is 5.91 Å². The molecular formula is C33H30ClF2N5O7. The Hall–Kier alpha value is -4.69. The van der Waals surface area contributed by atoms with Crippen LogP contribution in [0.3, 0.4) is 0 Å². The SMILES string of the molecule is COc1cc(C(=O)NC[C@](O)(c2cc3c(c(-c4ccc5c(c4)OC(F)(F)O5)n2)OC[C@]3(C)C(N)=O)C2CC2)cc2cn(C3(Cl)CC3)nc12. The number of hydrogen-bond acceptors (Lipinski definition) is 9. The van der Waals surface area contributed by atoms with E-state index < -0.39 is 34.1 Å². The maximum atomic E-state index is 13.8. The first-order valence-corrected chi connectivity index (χ1v) is 15.8. The Morgan fingerprint density at radius 2 is 1.94 bits per heavy atom. The number of hydrogen-bond donors (Lipinski definition) is 3. The fourth-order valence-corrected chi connectivity index (χ4v) is 6.53. The number of nitrogens with one attached hydrogen (secondary N) is 1. The van der Waals surface area contributed by atoms with Gasteiger partial charge in [-0.25, -0.2) is 4.98 Å². The summed E-state index contributed by atoms with van der Waals surface area (Å²) >= 11 is 6.56. The quantitative estimate of drug-likeness (QED) is 0.219. The normalized spacial score (nSPS) is 22.5. The number of rotatable bonds is 9. The lowest BCUT2D eigenvalue weighted by Crippen LogP contribution is -2.44. The molecule has 0 saturated heterocycles. The molecule has 4 aliphatic rings. The number of aromatic nitrogens is 3. The second kappa shape index (κ2) is 10.2. The van der Waals surface area contributed by atoms with Crippen LogP contribution in [0.5, 0.6) is 23.0 Å². The molecule has 4 N–H and O–H groups in total. The van der Waals surface area contributed by atoms with E-state index in [2.05, 4.69) is 19.9 Å². The molecule has 0 unspecified atom stereocenters. The van der Waals surface area contributed by atoms with Gasteiger partial charge in [-0.1, -0.05) is 11.6 Å². The van der Waals surface area contributed by atoms with E-state index in [0.29, 0.717) is 40.6 Å². The minimum atomic E-state index is -3.83. The highest BCUT2D eigenvalue weighted by atomic mass is 35.5. The van der Waals surface area contributed by atoms with Crippen molar-refractivity contribution >= 4 is 34.3 Å². The van der Waals surface area contributed by atoms with Crippen molar-refractivity contribution in [2.24, 2.45) is 11.7 Å². The van der Waals surface area contributed by atoms with Gasteiger partial charge in [0, 0.05) is 28.3 Å². The number of alkyl halides is 3. The average Bonchev–Trinajstić information content (AvgIpc) is 3.94. The monoisotopic (exact) mass is 681 g/mol. The molecule has 0 bridgehead atoms. The summed E-state index contributed by atoms with van der Waals surface area (Å²) in [6, 6.07) is 8.96. The van der Waals surface area contributed by atoms with Gasteiger partial charge in [0.2, 0.25) is 5.91 Å². The first-order chi connectivity index (χ1) is 22.7. The molecule has 0 radical (unpaired) electrons. The Morgan fingerprint density at radius 3 is 2.62 bits per heavy atom. The lowest BCUT2D eigenvalue weighted by atomic mass is 9.81. The summed E-state index contributed by atoms with van der Waals surface area (Å²) < 4.78 is 50.0. The molecule has 2 aliphatic carbocycles. The van der Waals surface area contributed by atoms with Crippen molar-refractivity contribution in [3.8, 4) is 34.3 Å². The number of primary amides is 1. The van der Waals surface area contributed by atoms with Gasteiger partial charge in [-0.3, -0.25) is 14.3 Å². The highest BCUT2D eigenvalue weighted by molar-refractivity contribution is 6.23. The lowest BCUT2D eigenvalue weighted by Gasteiger charge is -2.30. The van der Waals surface area contributed by atoms with E-state index in [0.717, 1.165) is 12.8 Å². The molecule has 4 aromatic rings. The number of carbonyl (C=O) groups is 2. The largest absolute Gasteiger partial charge is 0.586 e. The number of nitrogens with two attached hydrogens (primary N) is 1. The number of aliphatic hydroxyl groups is 1. The van der Waals surface area contributed by atoms with Gasteiger partial charge in [0.15, 0.2) is 11.5 Å². The number of pyridine rings is 1. The lowest BCUT2D eigenvalue weighted by molar-refractivity contribution is -0.286. The van der Waals surface area contributed by atoms with Crippen molar-refractivity contribution in [1.29, 1.82) is 0 Å². The van der Waals surface area contributed by atoms with Crippen molar-refractivity contribution in [2.45, 2.75) is 54.9 Å². The van der Waals surface area contributed by atoms with Crippen molar-refractivity contribution in [3.63, 3.8) is 0 Å².